The average Bonchev–Trinajstić information content (AvgIpc) is 2.64. The van der Waals surface area contributed by atoms with Crippen LogP contribution < -0.4 is 0 Å². The van der Waals surface area contributed by atoms with Crippen LogP contribution >= 0.6 is 0 Å². The van der Waals surface area contributed by atoms with E-state index >= 15 is 0 Å². The van der Waals surface area contributed by atoms with Crippen LogP contribution in [0.5, 0.6) is 0 Å². The van der Waals surface area contributed by atoms with Gasteiger partial charge in [0.15, 0.2) is 0 Å². The van der Waals surface area contributed by atoms with Gasteiger partial charge in [0.25, 0.3) is 0 Å². The molecular formula is C22H27NO. The Kier molecular flexibility index (Phi) is 5.49. The largest absolute Gasteiger partial charge is 0.384 e. The molecule has 0 saturated heterocycles. The molecule has 1 aliphatic heterocycles. The molecule has 0 saturated carbocycles. The molecule has 1 heterocycles. The topological polar surface area (TPSA) is 23.5 Å². The molecular weight excluding hydrogens is 294 g/mol. The van der Waals surface area contributed by atoms with Crippen LogP contribution in [-0.4, -0.2) is 29.6 Å². The number of hydrogen-bond donors (Lipinski definition) is 1. The Labute approximate surface area is 145 Å². The van der Waals surface area contributed by atoms with Gasteiger partial charge in [-0.2, -0.15) is 0 Å². The normalized spacial score (nSPS) is 18.9. The summed E-state index contributed by atoms with van der Waals surface area (Å²) in [6.45, 7) is 5.15. The van der Waals surface area contributed by atoms with Crippen LogP contribution in [0, 0.1) is 5.92 Å². The SMILES string of the molecule is CC(CN1CC=CCC1)C(O)(Cc1ccccc1)c1ccccc1. The summed E-state index contributed by atoms with van der Waals surface area (Å²) in [5, 5.41) is 11.7. The highest BCUT2D eigenvalue weighted by atomic mass is 16.3. The molecule has 126 valence electrons. The van der Waals surface area contributed by atoms with Gasteiger partial charge in [-0.3, -0.25) is 4.90 Å². The van der Waals surface area contributed by atoms with Crippen molar-refractivity contribution in [3.05, 3.63) is 83.9 Å². The second-order valence-corrected chi connectivity index (χ2v) is 6.87. The third-order valence-electron chi connectivity index (χ3n) is 5.08. The summed E-state index contributed by atoms with van der Waals surface area (Å²) < 4.78 is 0. The van der Waals surface area contributed by atoms with Gasteiger partial charge in [0.05, 0.1) is 5.60 Å². The van der Waals surface area contributed by atoms with Crippen LogP contribution in [0.2, 0.25) is 0 Å². The lowest BCUT2D eigenvalue weighted by atomic mass is 9.77. The average molecular weight is 321 g/mol. The predicted octanol–water partition coefficient (Wildman–Crippen LogP) is 4.01. The first-order valence-corrected chi connectivity index (χ1v) is 8.87. The van der Waals surface area contributed by atoms with Crippen LogP contribution in [0.15, 0.2) is 72.8 Å². The van der Waals surface area contributed by atoms with Crippen molar-refractivity contribution in [3.8, 4) is 0 Å². The van der Waals surface area contributed by atoms with Gasteiger partial charge >= 0.3 is 0 Å². The predicted molar refractivity (Wildman–Crippen MR) is 99.8 cm³/mol. The third kappa shape index (κ3) is 3.95. The number of hydrogen-bond acceptors (Lipinski definition) is 2. The molecule has 2 atom stereocenters. The first-order chi connectivity index (χ1) is 11.7. The van der Waals surface area contributed by atoms with Crippen LogP contribution in [0.4, 0.5) is 0 Å². The highest BCUT2D eigenvalue weighted by Crippen LogP contribution is 2.34. The Morgan fingerprint density at radius 2 is 1.67 bits per heavy atom. The van der Waals surface area contributed by atoms with Gasteiger partial charge in [-0.1, -0.05) is 79.7 Å². The van der Waals surface area contributed by atoms with Crippen LogP contribution in [-0.2, 0) is 12.0 Å². The van der Waals surface area contributed by atoms with Gasteiger partial charge in [-0.25, -0.2) is 0 Å². The summed E-state index contributed by atoms with van der Waals surface area (Å²) in [5.41, 5.74) is 1.33. The zero-order chi connectivity index (χ0) is 16.8. The van der Waals surface area contributed by atoms with Gasteiger partial charge in [0.1, 0.15) is 0 Å². The quantitative estimate of drug-likeness (QED) is 0.813. The second kappa shape index (κ2) is 7.78. The smallest absolute Gasteiger partial charge is 0.0974 e. The van der Waals surface area contributed by atoms with E-state index in [0.29, 0.717) is 6.42 Å². The molecule has 2 unspecified atom stereocenters. The maximum atomic E-state index is 11.7. The molecule has 0 bridgehead atoms. The molecule has 2 nitrogen and oxygen atoms in total. The molecule has 0 spiro atoms. The van der Waals surface area contributed by atoms with Gasteiger partial charge < -0.3 is 5.11 Å². The van der Waals surface area contributed by atoms with E-state index in [1.54, 1.807) is 0 Å². The number of benzene rings is 2. The summed E-state index contributed by atoms with van der Waals surface area (Å²) in [7, 11) is 0. The van der Waals surface area contributed by atoms with E-state index < -0.39 is 5.60 Å². The highest BCUT2D eigenvalue weighted by molar-refractivity contribution is 5.28. The Morgan fingerprint density at radius 3 is 2.29 bits per heavy atom. The molecule has 2 aromatic rings. The fraction of sp³-hybridized carbons (Fsp3) is 0.364. The molecule has 1 aliphatic rings. The molecule has 0 amide bonds. The lowest BCUT2D eigenvalue weighted by molar-refractivity contribution is -0.0290. The van der Waals surface area contributed by atoms with E-state index in [0.717, 1.165) is 31.6 Å². The molecule has 0 radical (unpaired) electrons. The molecule has 1 N–H and O–H groups in total. The van der Waals surface area contributed by atoms with Crippen molar-refractivity contribution in [3.63, 3.8) is 0 Å². The molecule has 0 fully saturated rings. The Bertz CT molecular complexity index is 652. The minimum absolute atomic E-state index is 0.145. The van der Waals surface area contributed by atoms with E-state index in [1.807, 2.05) is 36.4 Å². The summed E-state index contributed by atoms with van der Waals surface area (Å²) in [4.78, 5) is 2.43. The molecule has 3 rings (SSSR count). The van der Waals surface area contributed by atoms with Gasteiger partial charge in [-0.15, -0.1) is 0 Å². The van der Waals surface area contributed by atoms with E-state index in [2.05, 4.69) is 48.2 Å². The maximum absolute atomic E-state index is 11.7. The zero-order valence-corrected chi connectivity index (χ0v) is 14.4. The van der Waals surface area contributed by atoms with Gasteiger partial charge in [0, 0.05) is 32.0 Å². The summed E-state index contributed by atoms with van der Waals surface area (Å²) in [6, 6.07) is 20.5. The van der Waals surface area contributed by atoms with E-state index in [4.69, 9.17) is 0 Å². The minimum atomic E-state index is -0.857. The van der Waals surface area contributed by atoms with Gasteiger partial charge in [0.2, 0.25) is 0 Å². The summed E-state index contributed by atoms with van der Waals surface area (Å²) >= 11 is 0. The van der Waals surface area contributed by atoms with Crippen molar-refractivity contribution >= 4 is 0 Å². The first kappa shape index (κ1) is 16.9. The van der Waals surface area contributed by atoms with Crippen molar-refractivity contribution in [2.24, 2.45) is 5.92 Å². The third-order valence-corrected chi connectivity index (χ3v) is 5.08. The summed E-state index contributed by atoms with van der Waals surface area (Å²) in [6.07, 6.45) is 6.22. The second-order valence-electron chi connectivity index (χ2n) is 6.87. The molecule has 0 aromatic heterocycles. The van der Waals surface area contributed by atoms with Crippen molar-refractivity contribution in [2.45, 2.75) is 25.4 Å². The van der Waals surface area contributed by atoms with Crippen LogP contribution in [0.3, 0.4) is 0 Å². The maximum Gasteiger partial charge on any atom is 0.0974 e. The van der Waals surface area contributed by atoms with E-state index in [-0.39, 0.29) is 5.92 Å². The lowest BCUT2D eigenvalue weighted by Gasteiger charge is -2.38. The van der Waals surface area contributed by atoms with Gasteiger partial charge in [-0.05, 0) is 17.5 Å². The lowest BCUT2D eigenvalue weighted by Crippen LogP contribution is -2.43. The Hall–Kier alpha value is -1.90. The fourth-order valence-electron chi connectivity index (χ4n) is 3.59. The minimum Gasteiger partial charge on any atom is -0.384 e. The van der Waals surface area contributed by atoms with Crippen molar-refractivity contribution in [2.75, 3.05) is 19.6 Å². The first-order valence-electron chi connectivity index (χ1n) is 8.87. The zero-order valence-electron chi connectivity index (χ0n) is 14.4. The standard InChI is InChI=1S/C22H27NO/c1-19(18-23-15-9-4-10-16-23)22(24,21-13-7-3-8-14-21)17-20-11-5-2-6-12-20/h2-9,11-14,19,24H,10,15-18H2,1H3. The van der Waals surface area contributed by atoms with Crippen LogP contribution in [0.25, 0.3) is 0 Å². The number of nitrogens with zero attached hydrogens (tertiary/aromatic N) is 1. The van der Waals surface area contributed by atoms with Crippen LogP contribution in [0.1, 0.15) is 24.5 Å². The monoisotopic (exact) mass is 321 g/mol. The molecule has 2 heteroatoms. The Balaban J connectivity index is 1.85. The summed E-state index contributed by atoms with van der Waals surface area (Å²) in [5.74, 6) is 0.145. The molecule has 24 heavy (non-hydrogen) atoms. The number of rotatable bonds is 6. The fourth-order valence-corrected chi connectivity index (χ4v) is 3.59. The highest BCUT2D eigenvalue weighted by Gasteiger charge is 2.36. The Morgan fingerprint density at radius 1 is 1.00 bits per heavy atom. The molecule has 2 aromatic carbocycles. The van der Waals surface area contributed by atoms with Crippen molar-refractivity contribution in [1.82, 2.24) is 4.90 Å². The van der Waals surface area contributed by atoms with E-state index in [1.165, 1.54) is 5.56 Å². The number of aliphatic hydroxyl groups is 1. The van der Waals surface area contributed by atoms with Crippen molar-refractivity contribution in [1.29, 1.82) is 0 Å². The molecule has 0 aliphatic carbocycles. The van der Waals surface area contributed by atoms with Crippen molar-refractivity contribution < 1.29 is 5.11 Å². The van der Waals surface area contributed by atoms with E-state index in [9.17, 15) is 5.11 Å².